The molecule has 1 heterocycles. The molecule has 5 heteroatoms. The van der Waals surface area contributed by atoms with Crippen LogP contribution in [-0.4, -0.2) is 34.5 Å². The fourth-order valence-electron chi connectivity index (χ4n) is 1.66. The Hall–Kier alpha value is -1.88. The van der Waals surface area contributed by atoms with Gasteiger partial charge in [0, 0.05) is 6.54 Å². The Morgan fingerprint density at radius 2 is 2.05 bits per heavy atom. The van der Waals surface area contributed by atoms with E-state index < -0.39 is 0 Å². The molecule has 5 nitrogen and oxygen atoms in total. The average Bonchev–Trinajstić information content (AvgIpc) is 2.92. The second kappa shape index (κ2) is 7.53. The first-order valence-corrected chi connectivity index (χ1v) is 6.70. The second-order valence-electron chi connectivity index (χ2n) is 4.26. The highest BCUT2D eigenvalue weighted by atomic mass is 16.5. The summed E-state index contributed by atoms with van der Waals surface area (Å²) in [6.07, 6.45) is 4.06. The summed E-state index contributed by atoms with van der Waals surface area (Å²) in [5.74, 6) is 0. The lowest BCUT2D eigenvalue weighted by atomic mass is 10.3. The number of hydrogen-bond donors (Lipinski definition) is 1. The molecule has 0 saturated carbocycles. The number of ether oxygens (including phenoxy) is 1. The molecule has 19 heavy (non-hydrogen) atoms. The maximum atomic E-state index is 5.48. The zero-order chi connectivity index (χ0) is 13.3. The lowest BCUT2D eigenvalue weighted by Gasteiger charge is -2.03. The van der Waals surface area contributed by atoms with Gasteiger partial charge in [-0.15, -0.1) is 5.10 Å². The molecular weight excluding hydrogens is 240 g/mol. The maximum absolute atomic E-state index is 5.48. The number of nitrogens with zero attached hydrogens (tertiary/aromatic N) is 3. The van der Waals surface area contributed by atoms with Gasteiger partial charge in [0.15, 0.2) is 0 Å². The number of rotatable bonds is 8. The summed E-state index contributed by atoms with van der Waals surface area (Å²) in [4.78, 5) is 4.13. The van der Waals surface area contributed by atoms with Crippen LogP contribution in [0.15, 0.2) is 36.7 Å². The average molecular weight is 260 g/mol. The molecule has 0 atom stereocenters. The van der Waals surface area contributed by atoms with E-state index in [0.717, 1.165) is 18.8 Å². The Morgan fingerprint density at radius 1 is 1.21 bits per heavy atom. The van der Waals surface area contributed by atoms with Gasteiger partial charge in [0.2, 0.25) is 0 Å². The highest BCUT2D eigenvalue weighted by molar-refractivity contribution is 5.29. The van der Waals surface area contributed by atoms with Gasteiger partial charge in [-0.3, -0.25) is 0 Å². The number of unbranched alkanes of at least 4 members (excludes halogenated alkanes) is 1. The molecule has 1 N–H and O–H groups in total. The number of benzene rings is 1. The van der Waals surface area contributed by atoms with Gasteiger partial charge < -0.3 is 10.1 Å². The first-order valence-electron chi connectivity index (χ1n) is 6.70. The minimum absolute atomic E-state index is 0.418. The fraction of sp³-hybridized carbons (Fsp3) is 0.429. The van der Waals surface area contributed by atoms with E-state index in [0.29, 0.717) is 12.6 Å². The Kier molecular flexibility index (Phi) is 5.37. The highest BCUT2D eigenvalue weighted by Gasteiger charge is 2.02. The van der Waals surface area contributed by atoms with E-state index in [2.05, 4.69) is 22.3 Å². The van der Waals surface area contributed by atoms with E-state index in [1.54, 1.807) is 11.0 Å². The minimum atomic E-state index is 0.418. The molecule has 2 rings (SSSR count). The van der Waals surface area contributed by atoms with Crippen molar-refractivity contribution in [1.82, 2.24) is 20.1 Å². The SMILES string of the molecule is CCCCNCCOc1ncn(-c2ccccc2)n1. The van der Waals surface area contributed by atoms with Crippen molar-refractivity contribution >= 4 is 0 Å². The quantitative estimate of drug-likeness (QED) is 0.738. The molecule has 0 saturated heterocycles. The van der Waals surface area contributed by atoms with Crippen LogP contribution in [0.4, 0.5) is 0 Å². The van der Waals surface area contributed by atoms with E-state index in [1.165, 1.54) is 12.8 Å². The van der Waals surface area contributed by atoms with E-state index in [4.69, 9.17) is 4.74 Å². The third kappa shape index (κ3) is 4.37. The Bertz CT molecular complexity index is 469. The summed E-state index contributed by atoms with van der Waals surface area (Å²) >= 11 is 0. The highest BCUT2D eigenvalue weighted by Crippen LogP contribution is 2.07. The van der Waals surface area contributed by atoms with Gasteiger partial charge in [-0.05, 0) is 25.1 Å². The van der Waals surface area contributed by atoms with Crippen LogP contribution in [0.5, 0.6) is 6.01 Å². The van der Waals surface area contributed by atoms with Crippen LogP contribution in [0.2, 0.25) is 0 Å². The number of para-hydroxylation sites is 1. The Balaban J connectivity index is 1.75. The molecule has 0 aliphatic carbocycles. The number of hydrogen-bond acceptors (Lipinski definition) is 4. The number of aromatic nitrogens is 3. The van der Waals surface area contributed by atoms with Crippen LogP contribution in [0.1, 0.15) is 19.8 Å². The molecule has 1 aromatic heterocycles. The van der Waals surface area contributed by atoms with E-state index >= 15 is 0 Å². The summed E-state index contributed by atoms with van der Waals surface area (Å²) in [5, 5.41) is 7.58. The summed E-state index contributed by atoms with van der Waals surface area (Å²) < 4.78 is 7.19. The minimum Gasteiger partial charge on any atom is -0.461 e. The van der Waals surface area contributed by atoms with Gasteiger partial charge in [-0.1, -0.05) is 31.5 Å². The van der Waals surface area contributed by atoms with Crippen molar-refractivity contribution in [3.63, 3.8) is 0 Å². The molecule has 1 aromatic carbocycles. The Morgan fingerprint density at radius 3 is 2.84 bits per heavy atom. The molecule has 0 aliphatic rings. The topological polar surface area (TPSA) is 52.0 Å². The molecule has 0 unspecified atom stereocenters. The molecule has 0 bridgehead atoms. The van der Waals surface area contributed by atoms with Crippen molar-refractivity contribution in [2.45, 2.75) is 19.8 Å². The zero-order valence-corrected chi connectivity index (χ0v) is 11.2. The summed E-state index contributed by atoms with van der Waals surface area (Å²) in [5.41, 5.74) is 0.978. The summed E-state index contributed by atoms with van der Waals surface area (Å²) in [6.45, 7) is 4.62. The van der Waals surface area contributed by atoms with Crippen molar-refractivity contribution in [3.05, 3.63) is 36.7 Å². The third-order valence-electron chi connectivity index (χ3n) is 2.71. The molecule has 0 fully saturated rings. The molecule has 102 valence electrons. The van der Waals surface area contributed by atoms with Gasteiger partial charge in [-0.25, -0.2) is 4.68 Å². The van der Waals surface area contributed by atoms with Crippen molar-refractivity contribution in [2.75, 3.05) is 19.7 Å². The van der Waals surface area contributed by atoms with Crippen molar-refractivity contribution < 1.29 is 4.74 Å². The normalized spacial score (nSPS) is 10.6. The van der Waals surface area contributed by atoms with Crippen LogP contribution >= 0.6 is 0 Å². The van der Waals surface area contributed by atoms with Crippen LogP contribution in [0, 0.1) is 0 Å². The number of nitrogens with one attached hydrogen (secondary N) is 1. The summed E-state index contributed by atoms with van der Waals surface area (Å²) in [7, 11) is 0. The standard InChI is InChI=1S/C14H20N4O/c1-2-3-9-15-10-11-19-14-16-12-18(17-14)13-7-5-4-6-8-13/h4-8,12,15H,2-3,9-11H2,1H3. The lowest BCUT2D eigenvalue weighted by Crippen LogP contribution is -2.22. The van der Waals surface area contributed by atoms with Gasteiger partial charge in [0.25, 0.3) is 0 Å². The molecule has 2 aromatic rings. The van der Waals surface area contributed by atoms with Crippen LogP contribution in [0.25, 0.3) is 5.69 Å². The van der Waals surface area contributed by atoms with E-state index in [9.17, 15) is 0 Å². The fourth-order valence-corrected chi connectivity index (χ4v) is 1.66. The molecule has 0 amide bonds. The van der Waals surface area contributed by atoms with Gasteiger partial charge in [0.1, 0.15) is 12.9 Å². The predicted molar refractivity (Wildman–Crippen MR) is 74.6 cm³/mol. The predicted octanol–water partition coefficient (Wildman–Crippen LogP) is 2.04. The van der Waals surface area contributed by atoms with Crippen LogP contribution in [0.3, 0.4) is 0 Å². The van der Waals surface area contributed by atoms with Crippen molar-refractivity contribution in [2.24, 2.45) is 0 Å². The van der Waals surface area contributed by atoms with Gasteiger partial charge in [0.05, 0.1) is 5.69 Å². The van der Waals surface area contributed by atoms with Gasteiger partial charge >= 0.3 is 6.01 Å². The smallest absolute Gasteiger partial charge is 0.335 e. The van der Waals surface area contributed by atoms with Crippen molar-refractivity contribution in [3.8, 4) is 11.7 Å². The maximum Gasteiger partial charge on any atom is 0.335 e. The van der Waals surface area contributed by atoms with Gasteiger partial charge in [-0.2, -0.15) is 4.98 Å². The zero-order valence-electron chi connectivity index (χ0n) is 11.2. The Labute approximate surface area is 113 Å². The van der Waals surface area contributed by atoms with E-state index in [1.807, 2.05) is 30.3 Å². The first-order chi connectivity index (χ1) is 9.40. The molecular formula is C14H20N4O. The van der Waals surface area contributed by atoms with Crippen LogP contribution < -0.4 is 10.1 Å². The molecule has 0 spiro atoms. The van der Waals surface area contributed by atoms with Crippen molar-refractivity contribution in [1.29, 1.82) is 0 Å². The molecule has 0 aliphatic heterocycles. The van der Waals surface area contributed by atoms with Crippen LogP contribution in [-0.2, 0) is 0 Å². The monoisotopic (exact) mass is 260 g/mol. The lowest BCUT2D eigenvalue weighted by molar-refractivity contribution is 0.290. The third-order valence-corrected chi connectivity index (χ3v) is 2.71. The molecule has 0 radical (unpaired) electrons. The summed E-state index contributed by atoms with van der Waals surface area (Å²) in [6, 6.07) is 10.3. The first kappa shape index (κ1) is 13.5. The second-order valence-corrected chi connectivity index (χ2v) is 4.26. The van der Waals surface area contributed by atoms with E-state index in [-0.39, 0.29) is 0 Å². The largest absolute Gasteiger partial charge is 0.461 e.